The van der Waals surface area contributed by atoms with Gasteiger partial charge in [-0.1, -0.05) is 5.92 Å². The van der Waals surface area contributed by atoms with E-state index in [1.54, 1.807) is 6.92 Å². The van der Waals surface area contributed by atoms with E-state index >= 15 is 0 Å². The molecule has 0 aliphatic heterocycles. The van der Waals surface area contributed by atoms with Gasteiger partial charge in [-0.15, -0.1) is 5.92 Å². The average molecular weight is 297 g/mol. The van der Waals surface area contributed by atoms with Crippen molar-refractivity contribution in [1.82, 2.24) is 4.72 Å². The molecule has 0 saturated carbocycles. The molecule has 0 aliphatic carbocycles. The molecular formula is C13H15NO5S. The predicted molar refractivity (Wildman–Crippen MR) is 72.8 cm³/mol. The summed E-state index contributed by atoms with van der Waals surface area (Å²) >= 11 is 0. The third-order valence-electron chi connectivity index (χ3n) is 2.32. The Morgan fingerprint density at radius 3 is 2.50 bits per heavy atom. The Hall–Kier alpha value is -2.04. The SMILES string of the molecule is CC#CCOc1ccc(S(=O)(=O)NC(C)C(=O)O)cc1. The molecule has 0 amide bonds. The van der Waals surface area contributed by atoms with Gasteiger partial charge in [0, 0.05) is 0 Å². The van der Waals surface area contributed by atoms with E-state index in [0.717, 1.165) is 0 Å². The first kappa shape index (κ1) is 16.0. The van der Waals surface area contributed by atoms with Gasteiger partial charge in [0.1, 0.15) is 18.4 Å². The lowest BCUT2D eigenvalue weighted by Gasteiger charge is -2.10. The average Bonchev–Trinajstić information content (AvgIpc) is 2.39. The van der Waals surface area contributed by atoms with Crippen molar-refractivity contribution < 1.29 is 23.1 Å². The molecule has 0 fully saturated rings. The smallest absolute Gasteiger partial charge is 0.321 e. The van der Waals surface area contributed by atoms with Crippen LogP contribution in [0.2, 0.25) is 0 Å². The first-order chi connectivity index (χ1) is 9.36. The van der Waals surface area contributed by atoms with Gasteiger partial charge in [0.05, 0.1) is 4.90 Å². The fourth-order valence-electron chi connectivity index (χ4n) is 1.26. The van der Waals surface area contributed by atoms with Crippen LogP contribution < -0.4 is 9.46 Å². The summed E-state index contributed by atoms with van der Waals surface area (Å²) in [7, 11) is -3.86. The summed E-state index contributed by atoms with van der Waals surface area (Å²) in [6.45, 7) is 3.16. The minimum absolute atomic E-state index is 0.0282. The monoisotopic (exact) mass is 297 g/mol. The molecule has 0 radical (unpaired) electrons. The molecule has 0 heterocycles. The molecule has 1 atom stereocenters. The van der Waals surface area contributed by atoms with Crippen LogP contribution in [0.25, 0.3) is 0 Å². The fourth-order valence-corrected chi connectivity index (χ4v) is 2.45. The van der Waals surface area contributed by atoms with Crippen molar-refractivity contribution in [3.63, 3.8) is 0 Å². The molecule has 1 aromatic carbocycles. The Morgan fingerprint density at radius 2 is 2.00 bits per heavy atom. The van der Waals surface area contributed by atoms with Crippen molar-refractivity contribution >= 4 is 16.0 Å². The number of sulfonamides is 1. The van der Waals surface area contributed by atoms with Crippen molar-refractivity contribution in [2.24, 2.45) is 0 Å². The molecule has 6 nitrogen and oxygen atoms in total. The molecular weight excluding hydrogens is 282 g/mol. The summed E-state index contributed by atoms with van der Waals surface area (Å²) in [6.07, 6.45) is 0. The van der Waals surface area contributed by atoms with Crippen molar-refractivity contribution in [3.8, 4) is 17.6 Å². The maximum atomic E-state index is 11.9. The van der Waals surface area contributed by atoms with Crippen LogP contribution in [0.4, 0.5) is 0 Å². The van der Waals surface area contributed by atoms with Crippen molar-refractivity contribution in [3.05, 3.63) is 24.3 Å². The molecule has 0 spiro atoms. The van der Waals surface area contributed by atoms with Crippen molar-refractivity contribution in [1.29, 1.82) is 0 Å². The minimum Gasteiger partial charge on any atom is -0.481 e. The molecule has 0 aromatic heterocycles. The number of rotatable bonds is 6. The zero-order valence-corrected chi connectivity index (χ0v) is 11.9. The highest BCUT2D eigenvalue weighted by atomic mass is 32.2. The second-order valence-corrected chi connectivity index (χ2v) is 5.58. The van der Waals surface area contributed by atoms with Crippen LogP contribution in [0.5, 0.6) is 5.75 Å². The van der Waals surface area contributed by atoms with Crippen LogP contribution in [0.3, 0.4) is 0 Å². The number of benzene rings is 1. The van der Waals surface area contributed by atoms with Gasteiger partial charge in [-0.2, -0.15) is 4.72 Å². The highest BCUT2D eigenvalue weighted by Crippen LogP contribution is 2.16. The Morgan fingerprint density at radius 1 is 1.40 bits per heavy atom. The molecule has 20 heavy (non-hydrogen) atoms. The van der Waals surface area contributed by atoms with E-state index in [0.29, 0.717) is 5.75 Å². The first-order valence-corrected chi connectivity index (χ1v) is 7.22. The maximum Gasteiger partial charge on any atom is 0.321 e. The molecule has 1 rings (SSSR count). The number of carbonyl (C=O) groups is 1. The Balaban J connectivity index is 2.80. The van der Waals surface area contributed by atoms with Gasteiger partial charge < -0.3 is 9.84 Å². The molecule has 7 heteroatoms. The molecule has 0 saturated heterocycles. The standard InChI is InChI=1S/C13H15NO5S/c1-3-4-9-19-11-5-7-12(8-6-11)20(17,18)14-10(2)13(15)16/h5-8,10,14H,9H2,1-2H3,(H,15,16). The lowest BCUT2D eigenvalue weighted by molar-refractivity contribution is -0.138. The third-order valence-corrected chi connectivity index (χ3v) is 3.88. The van der Waals surface area contributed by atoms with Crippen molar-refractivity contribution in [2.75, 3.05) is 6.61 Å². The van der Waals surface area contributed by atoms with Gasteiger partial charge in [0.15, 0.2) is 0 Å². The van der Waals surface area contributed by atoms with E-state index in [-0.39, 0.29) is 11.5 Å². The topological polar surface area (TPSA) is 92.7 Å². The van der Waals surface area contributed by atoms with Gasteiger partial charge in [0.2, 0.25) is 10.0 Å². The highest BCUT2D eigenvalue weighted by molar-refractivity contribution is 7.89. The Labute approximate surface area is 117 Å². The number of nitrogens with one attached hydrogen (secondary N) is 1. The van der Waals surface area contributed by atoms with E-state index in [2.05, 4.69) is 16.6 Å². The second-order valence-electron chi connectivity index (χ2n) is 3.87. The molecule has 0 bridgehead atoms. The minimum atomic E-state index is -3.86. The van der Waals surface area contributed by atoms with E-state index in [1.165, 1.54) is 31.2 Å². The normalized spacial score (nSPS) is 12.1. The summed E-state index contributed by atoms with van der Waals surface area (Å²) in [5, 5.41) is 8.70. The van der Waals surface area contributed by atoms with Gasteiger partial charge >= 0.3 is 5.97 Å². The van der Waals surface area contributed by atoms with Gasteiger partial charge in [0.25, 0.3) is 0 Å². The van der Waals surface area contributed by atoms with Crippen LogP contribution in [0.1, 0.15) is 13.8 Å². The zero-order valence-electron chi connectivity index (χ0n) is 11.1. The van der Waals surface area contributed by atoms with Gasteiger partial charge in [-0.25, -0.2) is 8.42 Å². The maximum absolute atomic E-state index is 11.9. The summed E-state index contributed by atoms with van der Waals surface area (Å²) in [6, 6.07) is 4.45. The number of carboxylic acid groups (broad SMARTS) is 1. The summed E-state index contributed by atoms with van der Waals surface area (Å²) < 4.78 is 31.1. The van der Waals surface area contributed by atoms with Gasteiger partial charge in [-0.05, 0) is 38.1 Å². The second kappa shape index (κ2) is 6.93. The highest BCUT2D eigenvalue weighted by Gasteiger charge is 2.21. The van der Waals surface area contributed by atoms with Crippen LogP contribution in [0, 0.1) is 11.8 Å². The number of aliphatic carboxylic acids is 1. The van der Waals surface area contributed by atoms with Crippen LogP contribution in [-0.2, 0) is 14.8 Å². The third kappa shape index (κ3) is 4.57. The quantitative estimate of drug-likeness (QED) is 0.759. The zero-order chi connectivity index (χ0) is 15.2. The van der Waals surface area contributed by atoms with Crippen LogP contribution in [-0.4, -0.2) is 32.1 Å². The summed E-state index contributed by atoms with van der Waals surface area (Å²) in [4.78, 5) is 10.6. The van der Waals surface area contributed by atoms with E-state index < -0.39 is 22.0 Å². The van der Waals surface area contributed by atoms with Gasteiger partial charge in [-0.3, -0.25) is 4.79 Å². The molecule has 108 valence electrons. The lowest BCUT2D eigenvalue weighted by Crippen LogP contribution is -2.38. The van der Waals surface area contributed by atoms with Crippen molar-refractivity contribution in [2.45, 2.75) is 24.8 Å². The number of hydrogen-bond donors (Lipinski definition) is 2. The largest absolute Gasteiger partial charge is 0.481 e. The number of ether oxygens (including phenoxy) is 1. The number of hydrogen-bond acceptors (Lipinski definition) is 4. The molecule has 1 unspecified atom stereocenters. The Bertz CT molecular complexity index is 625. The van der Waals surface area contributed by atoms with E-state index in [9.17, 15) is 13.2 Å². The summed E-state index contributed by atoms with van der Waals surface area (Å²) in [5.74, 6) is 4.62. The molecule has 0 aliphatic rings. The van der Waals surface area contributed by atoms with E-state index in [1.807, 2.05) is 0 Å². The summed E-state index contributed by atoms with van der Waals surface area (Å²) in [5.41, 5.74) is 0. The number of carboxylic acids is 1. The van der Waals surface area contributed by atoms with E-state index in [4.69, 9.17) is 9.84 Å². The van der Waals surface area contributed by atoms with Crippen LogP contribution >= 0.6 is 0 Å². The fraction of sp³-hybridized carbons (Fsp3) is 0.308. The predicted octanol–water partition coefficient (Wildman–Crippen LogP) is 0.840. The van der Waals surface area contributed by atoms with Crippen LogP contribution in [0.15, 0.2) is 29.2 Å². The molecule has 2 N–H and O–H groups in total. The first-order valence-electron chi connectivity index (χ1n) is 5.74. The molecule has 1 aromatic rings. The lowest BCUT2D eigenvalue weighted by atomic mass is 10.3. The Kier molecular flexibility index (Phi) is 5.55.